The summed E-state index contributed by atoms with van der Waals surface area (Å²) in [6, 6.07) is 0.277. The van der Waals surface area contributed by atoms with Crippen LogP contribution in [0.15, 0.2) is 18.6 Å². The fourth-order valence-electron chi connectivity index (χ4n) is 1.80. The molecule has 5 nitrogen and oxygen atoms in total. The summed E-state index contributed by atoms with van der Waals surface area (Å²) in [6.07, 6.45) is 5.64. The van der Waals surface area contributed by atoms with Crippen molar-refractivity contribution in [3.63, 3.8) is 0 Å². The summed E-state index contributed by atoms with van der Waals surface area (Å²) in [6.45, 7) is 4.90. The number of aryl methyl sites for hydroxylation is 2. The first-order valence-electron chi connectivity index (χ1n) is 5.38. The highest BCUT2D eigenvalue weighted by molar-refractivity contribution is 5.19. The van der Waals surface area contributed by atoms with Gasteiger partial charge in [-0.15, -0.1) is 0 Å². The number of hydrogen-bond donors (Lipinski definition) is 2. The van der Waals surface area contributed by atoms with Gasteiger partial charge in [0.05, 0.1) is 12.2 Å². The number of imidazole rings is 1. The first-order chi connectivity index (χ1) is 7.66. The van der Waals surface area contributed by atoms with Gasteiger partial charge in [0, 0.05) is 37.2 Å². The fraction of sp³-hybridized carbons (Fsp3) is 0.455. The molecule has 0 saturated carbocycles. The molecule has 1 unspecified atom stereocenters. The van der Waals surface area contributed by atoms with Gasteiger partial charge in [0.1, 0.15) is 5.82 Å². The summed E-state index contributed by atoms with van der Waals surface area (Å²) < 4.78 is 1.84. The number of nitrogens with one attached hydrogen (secondary N) is 2. The maximum atomic E-state index is 4.33. The zero-order chi connectivity index (χ0) is 11.5. The Kier molecular flexibility index (Phi) is 3.05. The van der Waals surface area contributed by atoms with Crippen LogP contribution in [0.25, 0.3) is 0 Å². The molecule has 16 heavy (non-hydrogen) atoms. The van der Waals surface area contributed by atoms with Crippen LogP contribution in [0.3, 0.4) is 0 Å². The second-order valence-electron chi connectivity index (χ2n) is 3.98. The molecule has 86 valence electrons. The quantitative estimate of drug-likeness (QED) is 0.815. The third-order valence-corrected chi connectivity index (χ3v) is 2.65. The summed E-state index contributed by atoms with van der Waals surface area (Å²) in [5.74, 6) is 0.952. The maximum Gasteiger partial charge on any atom is 0.120 e. The molecule has 1 atom stereocenters. The molecule has 2 aromatic rings. The van der Waals surface area contributed by atoms with Crippen LogP contribution in [0.1, 0.15) is 30.0 Å². The number of H-pyrrole nitrogens is 1. The third-order valence-electron chi connectivity index (χ3n) is 2.65. The van der Waals surface area contributed by atoms with Gasteiger partial charge in [-0.25, -0.2) is 4.98 Å². The smallest absolute Gasteiger partial charge is 0.120 e. The lowest BCUT2D eigenvalue weighted by molar-refractivity contribution is 0.559. The largest absolute Gasteiger partial charge is 0.348 e. The average Bonchev–Trinajstić information content (AvgIpc) is 2.84. The van der Waals surface area contributed by atoms with Gasteiger partial charge < -0.3 is 10.3 Å². The van der Waals surface area contributed by atoms with E-state index >= 15 is 0 Å². The zero-order valence-corrected chi connectivity index (χ0v) is 9.86. The lowest BCUT2D eigenvalue weighted by Gasteiger charge is -2.11. The molecule has 0 saturated heterocycles. The highest BCUT2D eigenvalue weighted by atomic mass is 15.3. The molecular weight excluding hydrogens is 202 g/mol. The molecule has 0 aliphatic heterocycles. The van der Waals surface area contributed by atoms with Crippen LogP contribution in [-0.2, 0) is 13.6 Å². The van der Waals surface area contributed by atoms with Crippen molar-refractivity contribution in [2.75, 3.05) is 0 Å². The number of rotatable bonds is 4. The van der Waals surface area contributed by atoms with Gasteiger partial charge in [-0.05, 0) is 13.8 Å². The minimum atomic E-state index is 0.277. The van der Waals surface area contributed by atoms with Crippen LogP contribution in [0, 0.1) is 6.92 Å². The minimum absolute atomic E-state index is 0.277. The van der Waals surface area contributed by atoms with E-state index in [1.54, 1.807) is 6.20 Å². The van der Waals surface area contributed by atoms with Crippen molar-refractivity contribution < 1.29 is 0 Å². The Labute approximate surface area is 94.9 Å². The van der Waals surface area contributed by atoms with Crippen molar-refractivity contribution in [2.24, 2.45) is 7.05 Å². The van der Waals surface area contributed by atoms with Gasteiger partial charge in [-0.2, -0.15) is 5.10 Å². The van der Waals surface area contributed by atoms with E-state index in [2.05, 4.69) is 33.5 Å². The molecule has 0 amide bonds. The molecule has 0 spiro atoms. The minimum Gasteiger partial charge on any atom is -0.348 e. The van der Waals surface area contributed by atoms with Crippen LogP contribution >= 0.6 is 0 Å². The van der Waals surface area contributed by atoms with E-state index in [1.807, 2.05) is 24.9 Å². The van der Waals surface area contributed by atoms with Crippen LogP contribution in [0.2, 0.25) is 0 Å². The monoisotopic (exact) mass is 219 g/mol. The van der Waals surface area contributed by atoms with Gasteiger partial charge in [-0.1, -0.05) is 0 Å². The normalized spacial score (nSPS) is 12.9. The van der Waals surface area contributed by atoms with E-state index < -0.39 is 0 Å². The molecular formula is C11H17N5. The third kappa shape index (κ3) is 2.30. The molecule has 2 N–H and O–H groups in total. The molecule has 2 rings (SSSR count). The van der Waals surface area contributed by atoms with Gasteiger partial charge in [0.2, 0.25) is 0 Å². The lowest BCUT2D eigenvalue weighted by atomic mass is 10.1. The van der Waals surface area contributed by atoms with E-state index in [1.165, 1.54) is 5.56 Å². The molecule has 0 radical (unpaired) electrons. The van der Waals surface area contributed by atoms with Gasteiger partial charge in [0.25, 0.3) is 0 Å². The van der Waals surface area contributed by atoms with Crippen molar-refractivity contribution in [3.05, 3.63) is 35.7 Å². The van der Waals surface area contributed by atoms with E-state index in [0.29, 0.717) is 0 Å². The molecule has 0 aliphatic carbocycles. The molecule has 5 heteroatoms. The Balaban J connectivity index is 1.98. The number of hydrogen-bond acceptors (Lipinski definition) is 3. The molecule has 0 bridgehead atoms. The van der Waals surface area contributed by atoms with E-state index in [9.17, 15) is 0 Å². The Morgan fingerprint density at radius 1 is 1.56 bits per heavy atom. The Bertz CT molecular complexity index is 443. The van der Waals surface area contributed by atoms with E-state index in [0.717, 1.165) is 18.1 Å². The van der Waals surface area contributed by atoms with Crippen molar-refractivity contribution in [3.8, 4) is 0 Å². The van der Waals surface area contributed by atoms with Crippen LogP contribution in [0.5, 0.6) is 0 Å². The Morgan fingerprint density at radius 3 is 2.94 bits per heavy atom. The maximum absolute atomic E-state index is 4.33. The standard InChI is InChI=1S/C11H17N5/c1-8(10-7-16(3)15-9(10)2)14-6-11-12-4-5-13-11/h4-5,7-8,14H,6H2,1-3H3,(H,12,13). The molecule has 0 aliphatic rings. The Hall–Kier alpha value is -1.62. The SMILES string of the molecule is Cc1nn(C)cc1C(C)NCc1ncc[nH]1. The van der Waals surface area contributed by atoms with Crippen molar-refractivity contribution >= 4 is 0 Å². The predicted octanol–water partition coefficient (Wildman–Crippen LogP) is 1.30. The molecule has 0 fully saturated rings. The van der Waals surface area contributed by atoms with Gasteiger partial charge in [-0.3, -0.25) is 4.68 Å². The second kappa shape index (κ2) is 4.49. The molecule has 2 heterocycles. The molecule has 0 aromatic carbocycles. The Morgan fingerprint density at radius 2 is 2.38 bits per heavy atom. The lowest BCUT2D eigenvalue weighted by Crippen LogP contribution is -2.19. The summed E-state index contributed by atoms with van der Waals surface area (Å²) in [5, 5.41) is 7.74. The summed E-state index contributed by atoms with van der Waals surface area (Å²) in [4.78, 5) is 7.24. The van der Waals surface area contributed by atoms with E-state index in [4.69, 9.17) is 0 Å². The highest BCUT2D eigenvalue weighted by Crippen LogP contribution is 2.15. The first-order valence-corrected chi connectivity index (χ1v) is 5.38. The molecule has 2 aromatic heterocycles. The predicted molar refractivity (Wildman–Crippen MR) is 61.8 cm³/mol. The van der Waals surface area contributed by atoms with Crippen LogP contribution in [0.4, 0.5) is 0 Å². The average molecular weight is 219 g/mol. The first kappa shape index (κ1) is 10.9. The van der Waals surface area contributed by atoms with Crippen LogP contribution in [-0.4, -0.2) is 19.7 Å². The number of aromatic nitrogens is 4. The second-order valence-corrected chi connectivity index (χ2v) is 3.98. The summed E-state index contributed by atoms with van der Waals surface area (Å²) >= 11 is 0. The van der Waals surface area contributed by atoms with Crippen LogP contribution < -0.4 is 5.32 Å². The van der Waals surface area contributed by atoms with Gasteiger partial charge in [0.15, 0.2) is 0 Å². The number of nitrogens with zero attached hydrogens (tertiary/aromatic N) is 3. The summed E-state index contributed by atoms with van der Waals surface area (Å²) in [7, 11) is 1.94. The van der Waals surface area contributed by atoms with Gasteiger partial charge >= 0.3 is 0 Å². The fourth-order valence-corrected chi connectivity index (χ4v) is 1.80. The highest BCUT2D eigenvalue weighted by Gasteiger charge is 2.11. The van der Waals surface area contributed by atoms with E-state index in [-0.39, 0.29) is 6.04 Å². The zero-order valence-electron chi connectivity index (χ0n) is 9.86. The van der Waals surface area contributed by atoms with Crippen molar-refractivity contribution in [1.29, 1.82) is 0 Å². The topological polar surface area (TPSA) is 58.5 Å². The van der Waals surface area contributed by atoms with Crippen molar-refractivity contribution in [2.45, 2.75) is 26.4 Å². The number of aromatic amines is 1. The summed E-state index contributed by atoms with van der Waals surface area (Å²) in [5.41, 5.74) is 2.30. The van der Waals surface area contributed by atoms with Crippen molar-refractivity contribution in [1.82, 2.24) is 25.1 Å².